The summed E-state index contributed by atoms with van der Waals surface area (Å²) in [5.41, 5.74) is 4.92. The summed E-state index contributed by atoms with van der Waals surface area (Å²) in [6, 6.07) is 20.9. The molecule has 0 unspecified atom stereocenters. The first kappa shape index (κ1) is 13.4. The maximum absolute atomic E-state index is 4.20. The lowest BCUT2D eigenvalue weighted by Crippen LogP contribution is -1.86. The van der Waals surface area contributed by atoms with E-state index in [2.05, 4.69) is 74.2 Å². The Hall–Kier alpha value is -2.08. The first-order chi connectivity index (χ1) is 9.31. The highest BCUT2D eigenvalue weighted by atomic mass is 14.1. The van der Waals surface area contributed by atoms with Crippen LogP contribution in [0.25, 0.3) is 11.1 Å². The van der Waals surface area contributed by atoms with Crippen molar-refractivity contribution in [2.75, 3.05) is 0 Å². The summed E-state index contributed by atoms with van der Waals surface area (Å²) in [6.45, 7) is 6.41. The minimum Gasteiger partial charge on any atom is -0.0911 e. The van der Waals surface area contributed by atoms with Gasteiger partial charge in [0.1, 0.15) is 0 Å². The van der Waals surface area contributed by atoms with Crippen LogP contribution in [0.4, 0.5) is 0 Å². The van der Waals surface area contributed by atoms with Gasteiger partial charge < -0.3 is 0 Å². The summed E-state index contributed by atoms with van der Waals surface area (Å²) in [5.74, 6) is 0. The maximum Gasteiger partial charge on any atom is -0.0190 e. The molecule has 0 saturated carbocycles. The highest BCUT2D eigenvalue weighted by Gasteiger charge is 2.02. The van der Waals surface area contributed by atoms with Crippen molar-refractivity contribution in [3.8, 4) is 0 Å². The molecule has 0 nitrogen and oxygen atoms in total. The number of hydrogen-bond acceptors (Lipinski definition) is 0. The monoisotopic (exact) mass is 248 g/mol. The van der Waals surface area contributed by atoms with Gasteiger partial charge in [-0.3, -0.25) is 0 Å². The van der Waals surface area contributed by atoms with Crippen LogP contribution in [0, 0.1) is 0 Å². The van der Waals surface area contributed by atoms with Gasteiger partial charge in [0.25, 0.3) is 0 Å². The SMILES string of the molecule is C=C(/C=C(\CCC)c1ccccc1)c1ccccc1. The van der Waals surface area contributed by atoms with Crippen LogP contribution in [0.5, 0.6) is 0 Å². The van der Waals surface area contributed by atoms with Gasteiger partial charge in [0, 0.05) is 0 Å². The molecule has 0 atom stereocenters. The Morgan fingerprint density at radius 1 is 0.895 bits per heavy atom. The Labute approximate surface area is 116 Å². The van der Waals surface area contributed by atoms with Crippen molar-refractivity contribution < 1.29 is 0 Å². The van der Waals surface area contributed by atoms with Crippen LogP contribution >= 0.6 is 0 Å². The van der Waals surface area contributed by atoms with E-state index in [0.717, 1.165) is 18.4 Å². The lowest BCUT2D eigenvalue weighted by atomic mass is 9.97. The Morgan fingerprint density at radius 2 is 1.42 bits per heavy atom. The molecule has 0 N–H and O–H groups in total. The molecule has 0 heteroatoms. The third-order valence-corrected chi connectivity index (χ3v) is 3.16. The average Bonchev–Trinajstić information content (AvgIpc) is 2.48. The molecule has 2 aromatic rings. The predicted molar refractivity (Wildman–Crippen MR) is 84.8 cm³/mol. The smallest absolute Gasteiger partial charge is 0.0190 e. The molecular formula is C19H20. The molecule has 2 rings (SSSR count). The summed E-state index contributed by atoms with van der Waals surface area (Å²) < 4.78 is 0. The lowest BCUT2D eigenvalue weighted by Gasteiger charge is -2.08. The fourth-order valence-corrected chi connectivity index (χ4v) is 2.17. The summed E-state index contributed by atoms with van der Waals surface area (Å²) in [7, 11) is 0. The maximum atomic E-state index is 4.20. The molecule has 0 aromatic heterocycles. The summed E-state index contributed by atoms with van der Waals surface area (Å²) in [5, 5.41) is 0. The molecule has 2 aromatic carbocycles. The van der Waals surface area contributed by atoms with Gasteiger partial charge in [0.05, 0.1) is 0 Å². The lowest BCUT2D eigenvalue weighted by molar-refractivity contribution is 0.973. The van der Waals surface area contributed by atoms with Gasteiger partial charge in [0.15, 0.2) is 0 Å². The fourth-order valence-electron chi connectivity index (χ4n) is 2.17. The van der Waals surface area contributed by atoms with E-state index >= 15 is 0 Å². The van der Waals surface area contributed by atoms with Crippen LogP contribution in [-0.4, -0.2) is 0 Å². The van der Waals surface area contributed by atoms with E-state index in [4.69, 9.17) is 0 Å². The van der Waals surface area contributed by atoms with Crippen LogP contribution < -0.4 is 0 Å². The topological polar surface area (TPSA) is 0 Å². The van der Waals surface area contributed by atoms with E-state index in [9.17, 15) is 0 Å². The van der Waals surface area contributed by atoms with Gasteiger partial charge in [-0.1, -0.05) is 86.7 Å². The molecule has 0 saturated heterocycles. The third-order valence-electron chi connectivity index (χ3n) is 3.16. The van der Waals surface area contributed by atoms with Crippen molar-refractivity contribution in [3.05, 3.63) is 84.4 Å². The molecule has 0 aliphatic heterocycles. The van der Waals surface area contributed by atoms with Gasteiger partial charge in [-0.05, 0) is 28.7 Å². The molecular weight excluding hydrogens is 228 g/mol. The van der Waals surface area contributed by atoms with Gasteiger partial charge in [-0.2, -0.15) is 0 Å². The number of rotatable bonds is 5. The molecule has 0 aliphatic carbocycles. The van der Waals surface area contributed by atoms with Crippen molar-refractivity contribution in [1.82, 2.24) is 0 Å². The Balaban J connectivity index is 2.29. The molecule has 96 valence electrons. The van der Waals surface area contributed by atoms with E-state index in [0.29, 0.717) is 0 Å². The highest BCUT2D eigenvalue weighted by Crippen LogP contribution is 2.24. The van der Waals surface area contributed by atoms with Crippen molar-refractivity contribution >= 4 is 11.1 Å². The van der Waals surface area contributed by atoms with Crippen LogP contribution in [0.15, 0.2) is 73.3 Å². The Morgan fingerprint density at radius 3 is 1.95 bits per heavy atom. The van der Waals surface area contributed by atoms with E-state index in [-0.39, 0.29) is 0 Å². The Kier molecular flexibility index (Phi) is 4.74. The highest BCUT2D eigenvalue weighted by molar-refractivity contribution is 5.82. The summed E-state index contributed by atoms with van der Waals surface area (Å²) >= 11 is 0. The molecule has 0 heterocycles. The number of allylic oxidation sites excluding steroid dienone is 3. The van der Waals surface area contributed by atoms with Crippen LogP contribution in [0.2, 0.25) is 0 Å². The van der Waals surface area contributed by atoms with E-state index in [1.165, 1.54) is 16.7 Å². The quantitative estimate of drug-likeness (QED) is 0.606. The Bertz CT molecular complexity index is 547. The molecule has 0 amide bonds. The van der Waals surface area contributed by atoms with Crippen molar-refractivity contribution in [2.24, 2.45) is 0 Å². The van der Waals surface area contributed by atoms with Crippen molar-refractivity contribution in [2.45, 2.75) is 19.8 Å². The summed E-state index contributed by atoms with van der Waals surface area (Å²) in [4.78, 5) is 0. The van der Waals surface area contributed by atoms with Crippen LogP contribution in [0.3, 0.4) is 0 Å². The predicted octanol–water partition coefficient (Wildman–Crippen LogP) is 5.58. The first-order valence-corrected chi connectivity index (χ1v) is 6.81. The fraction of sp³-hybridized carbons (Fsp3) is 0.158. The standard InChI is InChI=1S/C19H20/c1-3-10-19(18-13-8-5-9-14-18)15-16(2)17-11-6-4-7-12-17/h4-9,11-15H,2-3,10H2,1H3/b19-15+. The second kappa shape index (κ2) is 6.75. The largest absolute Gasteiger partial charge is 0.0911 e. The first-order valence-electron chi connectivity index (χ1n) is 6.81. The average molecular weight is 248 g/mol. The van der Waals surface area contributed by atoms with Gasteiger partial charge >= 0.3 is 0 Å². The van der Waals surface area contributed by atoms with E-state index in [1.54, 1.807) is 0 Å². The van der Waals surface area contributed by atoms with Crippen LogP contribution in [-0.2, 0) is 0 Å². The van der Waals surface area contributed by atoms with Crippen molar-refractivity contribution in [3.63, 3.8) is 0 Å². The molecule has 0 radical (unpaired) electrons. The molecule has 0 aliphatic rings. The van der Waals surface area contributed by atoms with Crippen LogP contribution in [0.1, 0.15) is 30.9 Å². The van der Waals surface area contributed by atoms with Gasteiger partial charge in [-0.15, -0.1) is 0 Å². The minimum atomic E-state index is 1.08. The van der Waals surface area contributed by atoms with Crippen molar-refractivity contribution in [1.29, 1.82) is 0 Å². The molecule has 19 heavy (non-hydrogen) atoms. The minimum absolute atomic E-state index is 1.08. The second-order valence-corrected chi connectivity index (χ2v) is 4.68. The van der Waals surface area contributed by atoms with E-state index in [1.807, 2.05) is 6.07 Å². The number of hydrogen-bond donors (Lipinski definition) is 0. The van der Waals surface area contributed by atoms with E-state index < -0.39 is 0 Å². The molecule has 0 spiro atoms. The molecule has 0 bridgehead atoms. The van der Waals surface area contributed by atoms with Gasteiger partial charge in [0.2, 0.25) is 0 Å². The zero-order chi connectivity index (χ0) is 13.5. The normalized spacial score (nSPS) is 11.3. The van der Waals surface area contributed by atoms with Gasteiger partial charge in [-0.25, -0.2) is 0 Å². The zero-order valence-corrected chi connectivity index (χ0v) is 11.5. The third kappa shape index (κ3) is 3.69. The number of benzene rings is 2. The second-order valence-electron chi connectivity index (χ2n) is 4.68. The summed E-state index contributed by atoms with van der Waals surface area (Å²) in [6.07, 6.45) is 4.44. The zero-order valence-electron chi connectivity index (χ0n) is 11.5. The molecule has 0 fully saturated rings.